The molecule has 2 rings (SSSR count). The van der Waals surface area contributed by atoms with Crippen LogP contribution in [0.25, 0.3) is 11.3 Å². The number of benzene rings is 1. The van der Waals surface area contributed by atoms with Gasteiger partial charge in [0.2, 0.25) is 5.91 Å². The molecule has 118 valence electrons. The molecule has 1 aromatic carbocycles. The number of nitrogens with one attached hydrogen (secondary N) is 2. The number of ether oxygens (including phenoxy) is 2. The van der Waals surface area contributed by atoms with Crippen molar-refractivity contribution in [2.45, 2.75) is 20.8 Å². The summed E-state index contributed by atoms with van der Waals surface area (Å²) < 4.78 is 10.7. The van der Waals surface area contributed by atoms with E-state index in [1.807, 2.05) is 39.0 Å². The molecule has 1 amide bonds. The maximum Gasteiger partial charge on any atom is 0.227 e. The molecule has 6 heteroatoms. The summed E-state index contributed by atoms with van der Waals surface area (Å²) in [6, 6.07) is 5.46. The maximum atomic E-state index is 12.0. The first-order valence-corrected chi connectivity index (χ1v) is 7.06. The van der Waals surface area contributed by atoms with Crippen molar-refractivity contribution in [2.24, 2.45) is 5.92 Å². The lowest BCUT2D eigenvalue weighted by Gasteiger charge is -2.12. The number of hydrogen-bond donors (Lipinski definition) is 2. The first-order valence-electron chi connectivity index (χ1n) is 7.06. The van der Waals surface area contributed by atoms with Crippen LogP contribution in [-0.4, -0.2) is 30.3 Å². The molecule has 0 bridgehead atoms. The van der Waals surface area contributed by atoms with Gasteiger partial charge in [-0.15, -0.1) is 0 Å². The number of aromatic nitrogens is 2. The number of hydrogen-bond acceptors (Lipinski definition) is 4. The Morgan fingerprint density at radius 2 is 2.00 bits per heavy atom. The van der Waals surface area contributed by atoms with Crippen LogP contribution in [0.15, 0.2) is 18.2 Å². The van der Waals surface area contributed by atoms with E-state index in [1.165, 1.54) is 0 Å². The second-order valence-electron chi connectivity index (χ2n) is 5.28. The van der Waals surface area contributed by atoms with E-state index >= 15 is 0 Å². The van der Waals surface area contributed by atoms with Crippen LogP contribution in [0.2, 0.25) is 0 Å². The quantitative estimate of drug-likeness (QED) is 0.890. The SMILES string of the molecule is COc1ccc(OC)c(-c2n[nH]c(C)c2NC(=O)C(C)C)c1. The fourth-order valence-electron chi connectivity index (χ4n) is 2.04. The number of nitrogens with zero attached hydrogens (tertiary/aromatic N) is 1. The lowest BCUT2D eigenvalue weighted by atomic mass is 10.1. The monoisotopic (exact) mass is 303 g/mol. The zero-order valence-corrected chi connectivity index (χ0v) is 13.5. The average Bonchev–Trinajstić information content (AvgIpc) is 2.87. The number of aromatic amines is 1. The summed E-state index contributed by atoms with van der Waals surface area (Å²) in [5, 5.41) is 10.1. The highest BCUT2D eigenvalue weighted by Crippen LogP contribution is 2.37. The number of amides is 1. The summed E-state index contributed by atoms with van der Waals surface area (Å²) in [6.45, 7) is 5.55. The van der Waals surface area contributed by atoms with Crippen molar-refractivity contribution in [2.75, 3.05) is 19.5 Å². The van der Waals surface area contributed by atoms with Crippen LogP contribution >= 0.6 is 0 Å². The molecule has 1 aromatic heterocycles. The van der Waals surface area contributed by atoms with Crippen molar-refractivity contribution in [1.29, 1.82) is 0 Å². The maximum absolute atomic E-state index is 12.0. The molecule has 0 radical (unpaired) electrons. The summed E-state index contributed by atoms with van der Waals surface area (Å²) in [6.07, 6.45) is 0. The largest absolute Gasteiger partial charge is 0.497 e. The van der Waals surface area contributed by atoms with Crippen LogP contribution in [0, 0.1) is 12.8 Å². The number of anilines is 1. The molecule has 0 atom stereocenters. The molecular formula is C16H21N3O3. The third-order valence-electron chi connectivity index (χ3n) is 3.38. The number of carbonyl (C=O) groups excluding carboxylic acids is 1. The normalized spacial score (nSPS) is 10.6. The van der Waals surface area contributed by atoms with Crippen LogP contribution in [0.5, 0.6) is 11.5 Å². The predicted molar refractivity (Wildman–Crippen MR) is 85.3 cm³/mol. The van der Waals surface area contributed by atoms with Gasteiger partial charge in [-0.3, -0.25) is 9.89 Å². The second kappa shape index (κ2) is 6.51. The van der Waals surface area contributed by atoms with Gasteiger partial charge in [-0.05, 0) is 25.1 Å². The molecule has 0 aliphatic carbocycles. The number of carbonyl (C=O) groups is 1. The molecule has 2 aromatic rings. The zero-order chi connectivity index (χ0) is 16.3. The molecule has 1 heterocycles. The Morgan fingerprint density at radius 3 is 2.59 bits per heavy atom. The summed E-state index contributed by atoms with van der Waals surface area (Å²) >= 11 is 0. The Kier molecular flexibility index (Phi) is 4.70. The lowest BCUT2D eigenvalue weighted by Crippen LogP contribution is -2.18. The van der Waals surface area contributed by atoms with Crippen molar-refractivity contribution in [3.63, 3.8) is 0 Å². The highest BCUT2D eigenvalue weighted by molar-refractivity contribution is 5.97. The van der Waals surface area contributed by atoms with Crippen LogP contribution < -0.4 is 14.8 Å². The minimum Gasteiger partial charge on any atom is -0.497 e. The molecule has 22 heavy (non-hydrogen) atoms. The van der Waals surface area contributed by atoms with Crippen LogP contribution in [0.4, 0.5) is 5.69 Å². The van der Waals surface area contributed by atoms with Crippen molar-refractivity contribution >= 4 is 11.6 Å². The molecule has 6 nitrogen and oxygen atoms in total. The zero-order valence-electron chi connectivity index (χ0n) is 13.5. The van der Waals surface area contributed by atoms with Crippen molar-refractivity contribution < 1.29 is 14.3 Å². The third-order valence-corrected chi connectivity index (χ3v) is 3.38. The van der Waals surface area contributed by atoms with Gasteiger partial charge in [-0.25, -0.2) is 0 Å². The minimum atomic E-state index is -0.116. The standard InChI is InChI=1S/C16H21N3O3/c1-9(2)16(20)17-14-10(3)18-19-15(14)12-8-11(21-4)6-7-13(12)22-5/h6-9H,1-5H3,(H,17,20)(H,18,19). The van der Waals surface area contributed by atoms with E-state index in [9.17, 15) is 4.79 Å². The number of rotatable bonds is 5. The molecule has 2 N–H and O–H groups in total. The van der Waals surface area contributed by atoms with E-state index in [2.05, 4.69) is 15.5 Å². The van der Waals surface area contributed by atoms with Gasteiger partial charge in [-0.2, -0.15) is 5.10 Å². The second-order valence-corrected chi connectivity index (χ2v) is 5.28. The number of H-pyrrole nitrogens is 1. The Labute approximate surface area is 129 Å². The fraction of sp³-hybridized carbons (Fsp3) is 0.375. The van der Waals surface area contributed by atoms with E-state index < -0.39 is 0 Å². The molecule has 0 aliphatic rings. The minimum absolute atomic E-state index is 0.0624. The first-order chi connectivity index (χ1) is 10.5. The fourth-order valence-corrected chi connectivity index (χ4v) is 2.04. The van der Waals surface area contributed by atoms with Crippen molar-refractivity contribution in [1.82, 2.24) is 10.2 Å². The molecule has 0 aliphatic heterocycles. The van der Waals surface area contributed by atoms with E-state index in [1.54, 1.807) is 14.2 Å². The molecular weight excluding hydrogens is 282 g/mol. The molecule has 0 saturated heterocycles. The molecule has 0 spiro atoms. The predicted octanol–water partition coefficient (Wildman–Crippen LogP) is 3.00. The van der Waals surface area contributed by atoms with Gasteiger partial charge in [0.05, 0.1) is 25.6 Å². The van der Waals surface area contributed by atoms with Crippen molar-refractivity contribution in [3.05, 3.63) is 23.9 Å². The molecule has 0 unspecified atom stereocenters. The topological polar surface area (TPSA) is 76.2 Å². The van der Waals surface area contributed by atoms with Gasteiger partial charge >= 0.3 is 0 Å². The number of methoxy groups -OCH3 is 2. The smallest absolute Gasteiger partial charge is 0.227 e. The highest BCUT2D eigenvalue weighted by Gasteiger charge is 2.19. The van der Waals surface area contributed by atoms with Crippen LogP contribution in [0.3, 0.4) is 0 Å². The van der Waals surface area contributed by atoms with Crippen LogP contribution in [-0.2, 0) is 4.79 Å². The third kappa shape index (κ3) is 3.05. The van der Waals surface area contributed by atoms with Gasteiger partial charge in [-0.1, -0.05) is 13.8 Å². The Hall–Kier alpha value is -2.50. The summed E-state index contributed by atoms with van der Waals surface area (Å²) in [4.78, 5) is 12.0. The molecule has 0 fully saturated rings. The van der Waals surface area contributed by atoms with E-state index in [4.69, 9.17) is 9.47 Å². The Bertz CT molecular complexity index is 677. The summed E-state index contributed by atoms with van der Waals surface area (Å²) in [7, 11) is 3.19. The highest BCUT2D eigenvalue weighted by atomic mass is 16.5. The summed E-state index contributed by atoms with van der Waals surface area (Å²) in [5.74, 6) is 1.17. The van der Waals surface area contributed by atoms with Crippen molar-refractivity contribution in [3.8, 4) is 22.8 Å². The van der Waals surface area contributed by atoms with E-state index in [-0.39, 0.29) is 11.8 Å². The van der Waals surface area contributed by atoms with Gasteiger partial charge in [0.1, 0.15) is 17.2 Å². The van der Waals surface area contributed by atoms with E-state index in [0.717, 1.165) is 11.3 Å². The van der Waals surface area contributed by atoms with Gasteiger partial charge < -0.3 is 14.8 Å². The summed E-state index contributed by atoms with van der Waals surface area (Å²) in [5.41, 5.74) is 2.83. The Balaban J connectivity index is 2.51. The van der Waals surface area contributed by atoms with Crippen LogP contribution in [0.1, 0.15) is 19.5 Å². The first kappa shape index (κ1) is 15.9. The average molecular weight is 303 g/mol. The van der Waals surface area contributed by atoms with Gasteiger partial charge in [0.15, 0.2) is 0 Å². The van der Waals surface area contributed by atoms with Gasteiger partial charge in [0, 0.05) is 11.5 Å². The Morgan fingerprint density at radius 1 is 1.27 bits per heavy atom. The molecule has 0 saturated carbocycles. The van der Waals surface area contributed by atoms with Gasteiger partial charge in [0.25, 0.3) is 0 Å². The van der Waals surface area contributed by atoms with E-state index in [0.29, 0.717) is 22.9 Å². The number of aryl methyl sites for hydroxylation is 1. The lowest BCUT2D eigenvalue weighted by molar-refractivity contribution is -0.118.